The second-order valence-corrected chi connectivity index (χ2v) is 6.41. The molecule has 2 N–H and O–H groups in total. The van der Waals surface area contributed by atoms with Gasteiger partial charge in [0, 0.05) is 38.6 Å². The highest BCUT2D eigenvalue weighted by Crippen LogP contribution is 2.30. The third-order valence-corrected chi connectivity index (χ3v) is 5.50. The second-order valence-electron chi connectivity index (χ2n) is 6.41. The summed E-state index contributed by atoms with van der Waals surface area (Å²) >= 11 is 0. The molecular weight excluding hydrogens is 302 g/mol. The van der Waals surface area contributed by atoms with Crippen molar-refractivity contribution in [3.8, 4) is 0 Å². The van der Waals surface area contributed by atoms with Gasteiger partial charge in [-0.05, 0) is 32.1 Å². The minimum atomic E-state index is -0.393. The summed E-state index contributed by atoms with van der Waals surface area (Å²) in [4.78, 5) is 28.6. The van der Waals surface area contributed by atoms with Crippen LogP contribution >= 0.6 is 12.4 Å². The highest BCUT2D eigenvalue weighted by atomic mass is 35.5. The van der Waals surface area contributed by atoms with Gasteiger partial charge in [-0.3, -0.25) is 9.59 Å². The molecule has 0 spiro atoms. The van der Waals surface area contributed by atoms with Gasteiger partial charge in [0.05, 0.1) is 5.41 Å². The quantitative estimate of drug-likeness (QED) is 0.835. The minimum absolute atomic E-state index is 0. The Labute approximate surface area is 140 Å². The number of hydrogen-bond donors (Lipinski definition) is 1. The number of nitrogens with zero attached hydrogens (tertiary/aromatic N) is 2. The molecule has 0 aromatic heterocycles. The first-order chi connectivity index (χ1) is 10.1. The topological polar surface area (TPSA) is 66.6 Å². The van der Waals surface area contributed by atoms with E-state index in [9.17, 15) is 9.59 Å². The van der Waals surface area contributed by atoms with Crippen LogP contribution in [0.25, 0.3) is 0 Å². The summed E-state index contributed by atoms with van der Waals surface area (Å²) in [5.41, 5.74) is 5.49. The number of nitrogens with two attached hydrogens (primary N) is 1. The summed E-state index contributed by atoms with van der Waals surface area (Å²) < 4.78 is 0. The van der Waals surface area contributed by atoms with E-state index < -0.39 is 5.41 Å². The van der Waals surface area contributed by atoms with Gasteiger partial charge in [0.2, 0.25) is 11.8 Å². The molecule has 2 rings (SSSR count). The van der Waals surface area contributed by atoms with E-state index >= 15 is 0 Å². The van der Waals surface area contributed by atoms with Gasteiger partial charge >= 0.3 is 0 Å². The van der Waals surface area contributed by atoms with Gasteiger partial charge in [-0.2, -0.15) is 0 Å². The van der Waals surface area contributed by atoms with Gasteiger partial charge in [0.25, 0.3) is 0 Å². The molecule has 2 heterocycles. The Hall–Kier alpha value is -0.810. The summed E-state index contributed by atoms with van der Waals surface area (Å²) in [6.07, 6.45) is 5.09. The Morgan fingerprint density at radius 1 is 1.23 bits per heavy atom. The lowest BCUT2D eigenvalue weighted by molar-refractivity contribution is -0.144. The molecule has 0 unspecified atom stereocenters. The predicted molar refractivity (Wildman–Crippen MR) is 89.9 cm³/mol. The summed E-state index contributed by atoms with van der Waals surface area (Å²) in [7, 11) is 0. The molecule has 2 amide bonds. The first-order valence-electron chi connectivity index (χ1n) is 8.37. The Kier molecular flexibility index (Phi) is 7.13. The molecule has 6 heteroatoms. The van der Waals surface area contributed by atoms with Crippen LogP contribution in [0.15, 0.2) is 0 Å². The smallest absolute Gasteiger partial charge is 0.230 e. The van der Waals surface area contributed by atoms with Crippen LogP contribution in [0.2, 0.25) is 0 Å². The molecular formula is C16H30ClN3O2. The SMILES string of the molecule is CCC(CC)(CN)C(=O)N1CCC(N2CCCC2=O)CC1.Cl. The van der Waals surface area contributed by atoms with E-state index in [-0.39, 0.29) is 24.2 Å². The van der Waals surface area contributed by atoms with Crippen LogP contribution in [-0.4, -0.2) is 53.8 Å². The third-order valence-electron chi connectivity index (χ3n) is 5.50. The highest BCUT2D eigenvalue weighted by molar-refractivity contribution is 5.85. The van der Waals surface area contributed by atoms with E-state index in [4.69, 9.17) is 5.73 Å². The number of rotatable bonds is 5. The van der Waals surface area contributed by atoms with Crippen molar-refractivity contribution in [2.24, 2.45) is 11.1 Å². The average Bonchev–Trinajstić information content (AvgIpc) is 2.96. The van der Waals surface area contributed by atoms with Crippen LogP contribution in [0.3, 0.4) is 0 Å². The molecule has 0 aliphatic carbocycles. The molecule has 0 aromatic carbocycles. The van der Waals surface area contributed by atoms with E-state index in [0.29, 0.717) is 19.0 Å². The maximum Gasteiger partial charge on any atom is 0.230 e. The van der Waals surface area contributed by atoms with Gasteiger partial charge in [-0.25, -0.2) is 0 Å². The lowest BCUT2D eigenvalue weighted by atomic mass is 9.80. The molecule has 2 aliphatic heterocycles. The number of amides is 2. The summed E-state index contributed by atoms with van der Waals surface area (Å²) in [6, 6.07) is 0.333. The Morgan fingerprint density at radius 3 is 2.23 bits per heavy atom. The van der Waals surface area contributed by atoms with Crippen molar-refractivity contribution in [2.45, 2.75) is 58.4 Å². The number of halogens is 1. The van der Waals surface area contributed by atoms with Crippen LogP contribution in [0.5, 0.6) is 0 Å². The molecule has 0 aromatic rings. The van der Waals surface area contributed by atoms with Crippen molar-refractivity contribution in [3.63, 3.8) is 0 Å². The molecule has 0 saturated carbocycles. The molecule has 5 nitrogen and oxygen atoms in total. The lowest BCUT2D eigenvalue weighted by Gasteiger charge is -2.41. The van der Waals surface area contributed by atoms with Gasteiger partial charge in [-0.15, -0.1) is 12.4 Å². The monoisotopic (exact) mass is 331 g/mol. The molecule has 128 valence electrons. The Morgan fingerprint density at radius 2 is 1.82 bits per heavy atom. The Bertz CT molecular complexity index is 383. The summed E-state index contributed by atoms with van der Waals surface area (Å²) in [5.74, 6) is 0.499. The maximum absolute atomic E-state index is 12.8. The van der Waals surface area contributed by atoms with Crippen LogP contribution in [0, 0.1) is 5.41 Å². The second kappa shape index (κ2) is 8.16. The van der Waals surface area contributed by atoms with E-state index in [2.05, 4.69) is 0 Å². The van der Waals surface area contributed by atoms with Crippen molar-refractivity contribution >= 4 is 24.2 Å². The van der Waals surface area contributed by atoms with Crippen molar-refractivity contribution in [2.75, 3.05) is 26.2 Å². The normalized spacial score (nSPS) is 20.2. The first-order valence-corrected chi connectivity index (χ1v) is 8.37. The number of carbonyl (C=O) groups is 2. The number of likely N-dealkylation sites (tertiary alicyclic amines) is 2. The highest BCUT2D eigenvalue weighted by Gasteiger charge is 2.39. The minimum Gasteiger partial charge on any atom is -0.342 e. The third kappa shape index (κ3) is 3.57. The maximum atomic E-state index is 12.8. The molecule has 0 radical (unpaired) electrons. The number of carbonyl (C=O) groups excluding carboxylic acids is 2. The van der Waals surface area contributed by atoms with E-state index in [0.717, 1.165) is 51.7 Å². The summed E-state index contributed by atoms with van der Waals surface area (Å²) in [5, 5.41) is 0. The van der Waals surface area contributed by atoms with Crippen molar-refractivity contribution in [3.05, 3.63) is 0 Å². The molecule has 2 fully saturated rings. The molecule has 22 heavy (non-hydrogen) atoms. The van der Waals surface area contributed by atoms with Crippen LogP contribution in [0.1, 0.15) is 52.4 Å². The molecule has 0 atom stereocenters. The van der Waals surface area contributed by atoms with E-state index in [1.807, 2.05) is 23.6 Å². The van der Waals surface area contributed by atoms with Crippen molar-refractivity contribution in [1.29, 1.82) is 0 Å². The number of hydrogen-bond acceptors (Lipinski definition) is 3. The van der Waals surface area contributed by atoms with Crippen LogP contribution < -0.4 is 5.73 Å². The fourth-order valence-corrected chi connectivity index (χ4v) is 3.70. The molecule has 0 bridgehead atoms. The average molecular weight is 332 g/mol. The standard InChI is InChI=1S/C16H29N3O2.ClH/c1-3-16(4-2,12-17)15(21)18-10-7-13(8-11-18)19-9-5-6-14(19)20;/h13H,3-12,17H2,1-2H3;1H. The van der Waals surface area contributed by atoms with Gasteiger partial charge in [0.1, 0.15) is 0 Å². The van der Waals surface area contributed by atoms with Crippen LogP contribution in [-0.2, 0) is 9.59 Å². The zero-order valence-corrected chi connectivity index (χ0v) is 14.7. The van der Waals surface area contributed by atoms with Gasteiger partial charge in [-0.1, -0.05) is 13.8 Å². The fraction of sp³-hybridized carbons (Fsp3) is 0.875. The predicted octanol–water partition coefficient (Wildman–Crippen LogP) is 1.79. The van der Waals surface area contributed by atoms with Crippen molar-refractivity contribution in [1.82, 2.24) is 9.80 Å². The zero-order valence-electron chi connectivity index (χ0n) is 13.8. The Balaban J connectivity index is 0.00000242. The van der Waals surface area contributed by atoms with Crippen molar-refractivity contribution < 1.29 is 9.59 Å². The van der Waals surface area contributed by atoms with Crippen LogP contribution in [0.4, 0.5) is 0 Å². The lowest BCUT2D eigenvalue weighted by Crippen LogP contribution is -2.53. The number of piperidine rings is 1. The van der Waals surface area contributed by atoms with E-state index in [1.165, 1.54) is 0 Å². The van der Waals surface area contributed by atoms with Gasteiger partial charge in [0.15, 0.2) is 0 Å². The largest absolute Gasteiger partial charge is 0.342 e. The van der Waals surface area contributed by atoms with Gasteiger partial charge < -0.3 is 15.5 Å². The zero-order chi connectivity index (χ0) is 15.5. The fourth-order valence-electron chi connectivity index (χ4n) is 3.70. The first kappa shape index (κ1) is 19.2. The van der Waals surface area contributed by atoms with E-state index in [1.54, 1.807) is 0 Å². The molecule has 2 saturated heterocycles. The summed E-state index contributed by atoms with van der Waals surface area (Å²) in [6.45, 7) is 6.93. The molecule has 2 aliphatic rings.